The summed E-state index contributed by atoms with van der Waals surface area (Å²) in [5.74, 6) is 1.56. The number of carbonyl (C=O) groups is 1. The molecule has 0 aromatic heterocycles. The van der Waals surface area contributed by atoms with Crippen molar-refractivity contribution >= 4 is 5.91 Å². The van der Waals surface area contributed by atoms with E-state index < -0.39 is 0 Å². The number of nitrogens with two attached hydrogens (primary N) is 1. The Bertz CT molecular complexity index is 210. The Morgan fingerprint density at radius 1 is 1.38 bits per heavy atom. The maximum Gasteiger partial charge on any atom is 0.233 e. The molecule has 1 aliphatic heterocycles. The molecule has 3 N–H and O–H groups in total. The Kier molecular flexibility index (Phi) is 5.77. The summed E-state index contributed by atoms with van der Waals surface area (Å²) in [4.78, 5) is 13.4. The monoisotopic (exact) mass is 227 g/mol. The average molecular weight is 227 g/mol. The second kappa shape index (κ2) is 6.86. The van der Waals surface area contributed by atoms with Crippen LogP contribution in [0.25, 0.3) is 0 Å². The number of carbonyl (C=O) groups excluding carboxylic acids is 1. The van der Waals surface area contributed by atoms with Gasteiger partial charge in [0.1, 0.15) is 0 Å². The van der Waals surface area contributed by atoms with E-state index in [-0.39, 0.29) is 12.5 Å². The molecule has 2 atom stereocenters. The summed E-state index contributed by atoms with van der Waals surface area (Å²) >= 11 is 0. The zero-order valence-corrected chi connectivity index (χ0v) is 10.5. The lowest BCUT2D eigenvalue weighted by molar-refractivity contribution is -0.119. The van der Waals surface area contributed by atoms with Crippen molar-refractivity contribution in [3.05, 3.63) is 0 Å². The minimum atomic E-state index is -0.0552. The normalized spacial score (nSPS) is 26.7. The van der Waals surface area contributed by atoms with E-state index in [4.69, 9.17) is 5.73 Å². The molecule has 0 aliphatic carbocycles. The third kappa shape index (κ3) is 4.94. The summed E-state index contributed by atoms with van der Waals surface area (Å²) < 4.78 is 0. The van der Waals surface area contributed by atoms with E-state index in [0.717, 1.165) is 31.3 Å². The standard InChI is InChI=1S/C12H25N3O/c1-10-6-11(2)9-15(8-10)5-3-4-14-12(16)7-13/h10-11H,3-9,13H2,1-2H3,(H,14,16). The quantitative estimate of drug-likeness (QED) is 0.670. The number of amides is 1. The van der Waals surface area contributed by atoms with E-state index in [2.05, 4.69) is 24.1 Å². The Balaban J connectivity index is 2.10. The van der Waals surface area contributed by atoms with Gasteiger partial charge in [-0.15, -0.1) is 0 Å². The number of nitrogens with one attached hydrogen (secondary N) is 1. The van der Waals surface area contributed by atoms with Gasteiger partial charge in [-0.2, -0.15) is 0 Å². The van der Waals surface area contributed by atoms with E-state index in [0.29, 0.717) is 0 Å². The third-order valence-electron chi connectivity index (χ3n) is 3.10. The maximum absolute atomic E-state index is 10.9. The molecule has 1 fully saturated rings. The highest BCUT2D eigenvalue weighted by Crippen LogP contribution is 2.20. The zero-order valence-electron chi connectivity index (χ0n) is 10.5. The first kappa shape index (κ1) is 13.5. The summed E-state index contributed by atoms with van der Waals surface area (Å²) in [5.41, 5.74) is 5.21. The predicted octanol–water partition coefficient (Wildman–Crippen LogP) is 0.429. The SMILES string of the molecule is CC1CC(C)CN(CCCNC(=O)CN)C1. The van der Waals surface area contributed by atoms with Gasteiger partial charge in [-0.25, -0.2) is 0 Å². The summed E-state index contributed by atoms with van der Waals surface area (Å²) in [5, 5.41) is 2.80. The van der Waals surface area contributed by atoms with Crippen LogP contribution in [0.15, 0.2) is 0 Å². The first-order chi connectivity index (χ1) is 7.61. The van der Waals surface area contributed by atoms with Crippen molar-refractivity contribution in [3.8, 4) is 0 Å². The molecule has 1 saturated heterocycles. The van der Waals surface area contributed by atoms with Gasteiger partial charge in [-0.05, 0) is 31.2 Å². The first-order valence-electron chi connectivity index (χ1n) is 6.31. The summed E-state index contributed by atoms with van der Waals surface area (Å²) in [6.07, 6.45) is 2.37. The second-order valence-corrected chi connectivity index (χ2v) is 5.11. The maximum atomic E-state index is 10.9. The average Bonchev–Trinajstić information content (AvgIpc) is 2.22. The lowest BCUT2D eigenvalue weighted by atomic mass is 9.92. The third-order valence-corrected chi connectivity index (χ3v) is 3.10. The molecule has 2 unspecified atom stereocenters. The molecule has 1 aliphatic rings. The molecule has 1 heterocycles. The molecule has 4 heteroatoms. The molecule has 4 nitrogen and oxygen atoms in total. The van der Waals surface area contributed by atoms with Crippen LogP contribution >= 0.6 is 0 Å². The van der Waals surface area contributed by atoms with Gasteiger partial charge in [0, 0.05) is 19.6 Å². The molecule has 0 aromatic carbocycles. The summed E-state index contributed by atoms with van der Waals surface area (Å²) in [6, 6.07) is 0. The van der Waals surface area contributed by atoms with Gasteiger partial charge in [0.2, 0.25) is 5.91 Å². The fourth-order valence-corrected chi connectivity index (χ4v) is 2.58. The molecule has 1 amide bonds. The van der Waals surface area contributed by atoms with Crippen molar-refractivity contribution < 1.29 is 4.79 Å². The Hall–Kier alpha value is -0.610. The smallest absolute Gasteiger partial charge is 0.233 e. The van der Waals surface area contributed by atoms with Gasteiger partial charge < -0.3 is 16.0 Å². The second-order valence-electron chi connectivity index (χ2n) is 5.11. The zero-order chi connectivity index (χ0) is 12.0. The number of hydrogen-bond donors (Lipinski definition) is 2. The number of rotatable bonds is 5. The molecular formula is C12H25N3O. The van der Waals surface area contributed by atoms with Gasteiger partial charge in [0.05, 0.1) is 6.54 Å². The summed E-state index contributed by atoms with van der Waals surface area (Å²) in [6.45, 7) is 8.97. The molecular weight excluding hydrogens is 202 g/mol. The van der Waals surface area contributed by atoms with Crippen LogP contribution in [0.1, 0.15) is 26.7 Å². The van der Waals surface area contributed by atoms with Crippen LogP contribution in [0.3, 0.4) is 0 Å². The van der Waals surface area contributed by atoms with Crippen LogP contribution in [0.2, 0.25) is 0 Å². The van der Waals surface area contributed by atoms with E-state index >= 15 is 0 Å². The van der Waals surface area contributed by atoms with Crippen LogP contribution in [0.4, 0.5) is 0 Å². The van der Waals surface area contributed by atoms with Crippen LogP contribution in [-0.2, 0) is 4.79 Å². The highest BCUT2D eigenvalue weighted by atomic mass is 16.1. The lowest BCUT2D eigenvalue weighted by Gasteiger charge is -2.34. The lowest BCUT2D eigenvalue weighted by Crippen LogP contribution is -2.40. The van der Waals surface area contributed by atoms with Crippen LogP contribution in [0.5, 0.6) is 0 Å². The van der Waals surface area contributed by atoms with Crippen LogP contribution in [-0.4, -0.2) is 43.5 Å². The fraction of sp³-hybridized carbons (Fsp3) is 0.917. The number of likely N-dealkylation sites (tertiary alicyclic amines) is 1. The Morgan fingerprint density at radius 2 is 2.00 bits per heavy atom. The highest BCUT2D eigenvalue weighted by Gasteiger charge is 2.20. The summed E-state index contributed by atoms with van der Waals surface area (Å²) in [7, 11) is 0. The number of hydrogen-bond acceptors (Lipinski definition) is 3. The minimum Gasteiger partial charge on any atom is -0.355 e. The molecule has 0 saturated carbocycles. The molecule has 16 heavy (non-hydrogen) atoms. The van der Waals surface area contributed by atoms with Crippen LogP contribution in [0, 0.1) is 11.8 Å². The molecule has 1 rings (SSSR count). The van der Waals surface area contributed by atoms with Gasteiger partial charge in [0.15, 0.2) is 0 Å². The topological polar surface area (TPSA) is 58.4 Å². The fourth-order valence-electron chi connectivity index (χ4n) is 2.58. The van der Waals surface area contributed by atoms with Gasteiger partial charge >= 0.3 is 0 Å². The Labute approximate surface area is 98.6 Å². The van der Waals surface area contributed by atoms with Crippen LogP contribution < -0.4 is 11.1 Å². The molecule has 0 spiro atoms. The molecule has 94 valence electrons. The first-order valence-corrected chi connectivity index (χ1v) is 6.31. The van der Waals surface area contributed by atoms with E-state index in [1.807, 2.05) is 0 Å². The van der Waals surface area contributed by atoms with E-state index in [1.165, 1.54) is 19.5 Å². The largest absolute Gasteiger partial charge is 0.355 e. The van der Waals surface area contributed by atoms with E-state index in [1.54, 1.807) is 0 Å². The highest BCUT2D eigenvalue weighted by molar-refractivity contribution is 5.77. The predicted molar refractivity (Wildman–Crippen MR) is 66.1 cm³/mol. The van der Waals surface area contributed by atoms with Gasteiger partial charge in [0.25, 0.3) is 0 Å². The molecule has 0 bridgehead atoms. The van der Waals surface area contributed by atoms with E-state index in [9.17, 15) is 4.79 Å². The molecule has 0 aromatic rings. The number of piperidine rings is 1. The van der Waals surface area contributed by atoms with Crippen molar-refractivity contribution in [2.75, 3.05) is 32.7 Å². The number of nitrogens with zero attached hydrogens (tertiary/aromatic N) is 1. The van der Waals surface area contributed by atoms with Gasteiger partial charge in [-0.3, -0.25) is 4.79 Å². The molecule has 0 radical (unpaired) electrons. The van der Waals surface area contributed by atoms with Gasteiger partial charge in [-0.1, -0.05) is 13.8 Å². The van der Waals surface area contributed by atoms with Crippen molar-refractivity contribution in [2.24, 2.45) is 17.6 Å². The Morgan fingerprint density at radius 3 is 2.56 bits per heavy atom. The minimum absolute atomic E-state index is 0.0552. The van der Waals surface area contributed by atoms with Crippen molar-refractivity contribution in [3.63, 3.8) is 0 Å². The van der Waals surface area contributed by atoms with Crippen molar-refractivity contribution in [2.45, 2.75) is 26.7 Å². The van der Waals surface area contributed by atoms with Crippen molar-refractivity contribution in [1.82, 2.24) is 10.2 Å². The van der Waals surface area contributed by atoms with Crippen molar-refractivity contribution in [1.29, 1.82) is 0 Å².